The number of aromatic nitrogens is 1. The third-order valence-electron chi connectivity index (χ3n) is 2.09. The Balaban J connectivity index is 2.27. The molecule has 0 amide bonds. The predicted octanol–water partition coefficient (Wildman–Crippen LogP) is 4.33. The van der Waals surface area contributed by atoms with Gasteiger partial charge in [-0.3, -0.25) is 0 Å². The maximum atomic E-state index is 6.03. The van der Waals surface area contributed by atoms with Crippen LogP contribution >= 0.6 is 27.5 Å². The van der Waals surface area contributed by atoms with E-state index in [1.165, 1.54) is 0 Å². The Kier molecular flexibility index (Phi) is 3.86. The first-order valence-electron chi connectivity index (χ1n) is 4.97. The summed E-state index contributed by atoms with van der Waals surface area (Å²) < 4.78 is 6.52. The summed E-state index contributed by atoms with van der Waals surface area (Å²) in [5.41, 5.74) is 0. The van der Waals surface area contributed by atoms with E-state index in [0.29, 0.717) is 16.7 Å². The first kappa shape index (κ1) is 12.2. The van der Waals surface area contributed by atoms with Crippen molar-refractivity contribution in [2.75, 3.05) is 12.4 Å². The molecule has 1 aromatic carbocycles. The van der Waals surface area contributed by atoms with E-state index in [-0.39, 0.29) is 0 Å². The third-order valence-corrected chi connectivity index (χ3v) is 2.89. The van der Waals surface area contributed by atoms with Crippen LogP contribution in [0.25, 0.3) is 0 Å². The van der Waals surface area contributed by atoms with Crippen molar-refractivity contribution in [3.05, 3.63) is 45.9 Å². The molecule has 0 saturated carbocycles. The fraction of sp³-hybridized carbons (Fsp3) is 0.0833. The molecule has 1 heterocycles. The summed E-state index contributed by atoms with van der Waals surface area (Å²) in [6, 6.07) is 10.9. The van der Waals surface area contributed by atoms with E-state index in [1.807, 2.05) is 18.2 Å². The summed E-state index contributed by atoms with van der Waals surface area (Å²) >= 11 is 9.40. The fourth-order valence-electron chi connectivity index (χ4n) is 1.28. The molecule has 0 radical (unpaired) electrons. The van der Waals surface area contributed by atoms with E-state index in [0.717, 1.165) is 10.3 Å². The second kappa shape index (κ2) is 5.38. The van der Waals surface area contributed by atoms with Crippen LogP contribution in [-0.2, 0) is 0 Å². The van der Waals surface area contributed by atoms with Crippen molar-refractivity contribution in [2.45, 2.75) is 0 Å². The number of hydrogen-bond acceptors (Lipinski definition) is 3. The first-order chi connectivity index (χ1) is 8.19. The van der Waals surface area contributed by atoms with Gasteiger partial charge >= 0.3 is 0 Å². The zero-order chi connectivity index (χ0) is 12.3. The van der Waals surface area contributed by atoms with Crippen molar-refractivity contribution in [1.29, 1.82) is 0 Å². The van der Waals surface area contributed by atoms with Gasteiger partial charge in [-0.25, -0.2) is 0 Å². The van der Waals surface area contributed by atoms with Gasteiger partial charge in [0.2, 0.25) is 5.88 Å². The Morgan fingerprint density at radius 3 is 2.88 bits per heavy atom. The lowest BCUT2D eigenvalue weighted by Crippen LogP contribution is -1.94. The van der Waals surface area contributed by atoms with Gasteiger partial charge in [0.05, 0.1) is 5.02 Å². The molecule has 0 aliphatic rings. The Morgan fingerprint density at radius 2 is 2.12 bits per heavy atom. The molecule has 0 spiro atoms. The molecule has 0 saturated heterocycles. The van der Waals surface area contributed by atoms with Crippen LogP contribution < -0.4 is 10.1 Å². The summed E-state index contributed by atoms with van der Waals surface area (Å²) in [4.78, 5) is 4.25. The molecule has 2 rings (SSSR count). The van der Waals surface area contributed by atoms with Gasteiger partial charge in [-0.15, -0.1) is 0 Å². The lowest BCUT2D eigenvalue weighted by molar-refractivity contribution is 0.463. The van der Waals surface area contributed by atoms with Crippen LogP contribution in [0.3, 0.4) is 0 Å². The summed E-state index contributed by atoms with van der Waals surface area (Å²) in [7, 11) is 1.80. The van der Waals surface area contributed by atoms with Crippen LogP contribution in [0, 0.1) is 0 Å². The second-order valence-electron chi connectivity index (χ2n) is 3.29. The highest BCUT2D eigenvalue weighted by atomic mass is 79.9. The minimum absolute atomic E-state index is 0.497. The zero-order valence-electron chi connectivity index (χ0n) is 9.08. The fourth-order valence-corrected chi connectivity index (χ4v) is 1.78. The largest absolute Gasteiger partial charge is 0.437 e. The predicted molar refractivity (Wildman–Crippen MR) is 73.0 cm³/mol. The number of halogens is 2. The molecule has 0 atom stereocenters. The van der Waals surface area contributed by atoms with Gasteiger partial charge < -0.3 is 10.1 Å². The van der Waals surface area contributed by atoms with Crippen molar-refractivity contribution in [3.8, 4) is 11.6 Å². The van der Waals surface area contributed by atoms with Crippen molar-refractivity contribution < 1.29 is 4.74 Å². The van der Waals surface area contributed by atoms with Crippen molar-refractivity contribution in [3.63, 3.8) is 0 Å². The highest BCUT2D eigenvalue weighted by Crippen LogP contribution is 2.31. The molecule has 0 aliphatic carbocycles. The summed E-state index contributed by atoms with van der Waals surface area (Å²) in [5, 5.41) is 3.49. The molecule has 5 heteroatoms. The van der Waals surface area contributed by atoms with Crippen LogP contribution in [0.4, 0.5) is 5.82 Å². The number of rotatable bonds is 3. The van der Waals surface area contributed by atoms with Crippen LogP contribution in [-0.4, -0.2) is 12.0 Å². The van der Waals surface area contributed by atoms with Crippen LogP contribution in [0.5, 0.6) is 11.6 Å². The lowest BCUT2D eigenvalue weighted by Gasteiger charge is -2.08. The third kappa shape index (κ3) is 3.11. The molecule has 1 N–H and O–H groups in total. The smallest absolute Gasteiger partial charge is 0.221 e. The topological polar surface area (TPSA) is 34.1 Å². The van der Waals surface area contributed by atoms with E-state index in [9.17, 15) is 0 Å². The minimum Gasteiger partial charge on any atom is -0.437 e. The maximum absolute atomic E-state index is 6.03. The summed E-state index contributed by atoms with van der Waals surface area (Å²) in [5.74, 6) is 1.81. The van der Waals surface area contributed by atoms with E-state index in [1.54, 1.807) is 25.2 Å². The monoisotopic (exact) mass is 312 g/mol. The van der Waals surface area contributed by atoms with Crippen molar-refractivity contribution in [1.82, 2.24) is 4.98 Å². The Labute approximate surface area is 113 Å². The van der Waals surface area contributed by atoms with Gasteiger partial charge in [-0.1, -0.05) is 33.6 Å². The highest BCUT2D eigenvalue weighted by molar-refractivity contribution is 9.10. The van der Waals surface area contributed by atoms with Crippen molar-refractivity contribution in [2.24, 2.45) is 0 Å². The van der Waals surface area contributed by atoms with Crippen LogP contribution in [0.15, 0.2) is 40.9 Å². The van der Waals surface area contributed by atoms with Crippen LogP contribution in [0.1, 0.15) is 0 Å². The molecule has 0 bridgehead atoms. The van der Waals surface area contributed by atoms with E-state index in [2.05, 4.69) is 26.2 Å². The number of hydrogen-bond donors (Lipinski definition) is 1. The number of nitrogens with zero attached hydrogens (tertiary/aromatic N) is 1. The standard InChI is InChI=1S/C12H10BrClN2O/c1-15-11-3-2-4-12(16-11)17-10-7-8(13)5-6-9(10)14/h2-7H,1H3,(H,15,16). The van der Waals surface area contributed by atoms with Gasteiger partial charge in [0.1, 0.15) is 11.6 Å². The summed E-state index contributed by atoms with van der Waals surface area (Å²) in [6.45, 7) is 0. The SMILES string of the molecule is CNc1cccc(Oc2cc(Br)ccc2Cl)n1. The Bertz CT molecular complexity index is 534. The molecule has 17 heavy (non-hydrogen) atoms. The average Bonchev–Trinajstić information content (AvgIpc) is 2.34. The van der Waals surface area contributed by atoms with Gasteiger partial charge in [0.15, 0.2) is 0 Å². The number of nitrogens with one attached hydrogen (secondary N) is 1. The van der Waals surface area contributed by atoms with Crippen LogP contribution in [0.2, 0.25) is 5.02 Å². The molecular weight excluding hydrogens is 304 g/mol. The molecule has 0 unspecified atom stereocenters. The quantitative estimate of drug-likeness (QED) is 0.915. The molecular formula is C12H10BrClN2O. The normalized spacial score (nSPS) is 10.1. The Hall–Kier alpha value is -1.26. The number of benzene rings is 1. The molecule has 0 aliphatic heterocycles. The van der Waals surface area contributed by atoms with Gasteiger partial charge in [-0.2, -0.15) is 4.98 Å². The lowest BCUT2D eigenvalue weighted by atomic mass is 10.3. The van der Waals surface area contributed by atoms with E-state index < -0.39 is 0 Å². The maximum Gasteiger partial charge on any atom is 0.221 e. The average molecular weight is 314 g/mol. The molecule has 88 valence electrons. The zero-order valence-corrected chi connectivity index (χ0v) is 11.4. The van der Waals surface area contributed by atoms with Gasteiger partial charge in [0.25, 0.3) is 0 Å². The first-order valence-corrected chi connectivity index (χ1v) is 6.14. The molecule has 0 fully saturated rings. The molecule has 3 nitrogen and oxygen atoms in total. The number of anilines is 1. The van der Waals surface area contributed by atoms with Gasteiger partial charge in [0, 0.05) is 17.6 Å². The van der Waals surface area contributed by atoms with E-state index in [4.69, 9.17) is 16.3 Å². The minimum atomic E-state index is 0.497. The molecule has 1 aromatic heterocycles. The van der Waals surface area contributed by atoms with Crippen molar-refractivity contribution >= 4 is 33.3 Å². The Morgan fingerprint density at radius 1 is 1.29 bits per heavy atom. The highest BCUT2D eigenvalue weighted by Gasteiger charge is 2.05. The second-order valence-corrected chi connectivity index (χ2v) is 4.61. The number of pyridine rings is 1. The van der Waals surface area contributed by atoms with E-state index >= 15 is 0 Å². The summed E-state index contributed by atoms with van der Waals surface area (Å²) in [6.07, 6.45) is 0. The molecule has 2 aromatic rings. The number of ether oxygens (including phenoxy) is 1. The van der Waals surface area contributed by atoms with Gasteiger partial charge in [-0.05, 0) is 24.3 Å².